The number of hydrogen-bond donors (Lipinski definition) is 1. The number of ether oxygens (including phenoxy) is 2. The molecule has 6 nitrogen and oxygen atoms in total. The summed E-state index contributed by atoms with van der Waals surface area (Å²) in [5.74, 6) is 2.41. The number of carbonyl (C=O) groups is 1. The van der Waals surface area contributed by atoms with Gasteiger partial charge in [-0.05, 0) is 53.8 Å². The van der Waals surface area contributed by atoms with E-state index in [1.165, 1.54) is 5.56 Å². The van der Waals surface area contributed by atoms with E-state index in [0.29, 0.717) is 11.7 Å². The Bertz CT molecular complexity index is 993. The molecule has 0 radical (unpaired) electrons. The average Bonchev–Trinajstić information content (AvgIpc) is 3.16. The second-order valence-electron chi connectivity index (χ2n) is 7.63. The summed E-state index contributed by atoms with van der Waals surface area (Å²) in [6.07, 6.45) is 3.57. The van der Waals surface area contributed by atoms with Crippen molar-refractivity contribution in [2.45, 2.75) is 32.7 Å². The van der Waals surface area contributed by atoms with Crippen molar-refractivity contribution in [2.75, 3.05) is 13.7 Å². The van der Waals surface area contributed by atoms with Crippen LogP contribution in [0.3, 0.4) is 0 Å². The van der Waals surface area contributed by atoms with E-state index < -0.39 is 6.04 Å². The fourth-order valence-electron chi connectivity index (χ4n) is 3.49. The van der Waals surface area contributed by atoms with E-state index in [0.717, 1.165) is 22.7 Å². The first-order valence-corrected chi connectivity index (χ1v) is 10.0. The molecule has 0 saturated carbocycles. The van der Waals surface area contributed by atoms with Crippen LogP contribution in [0.25, 0.3) is 0 Å². The van der Waals surface area contributed by atoms with Crippen LogP contribution < -0.4 is 14.8 Å². The number of aromatic nitrogens is 2. The molecular formula is C24H29N3O3. The molecule has 1 N–H and O–H groups in total. The molecule has 1 heterocycles. The van der Waals surface area contributed by atoms with E-state index in [1.807, 2.05) is 54.2 Å². The van der Waals surface area contributed by atoms with Gasteiger partial charge in [0, 0.05) is 19.4 Å². The first-order valence-electron chi connectivity index (χ1n) is 10.0. The van der Waals surface area contributed by atoms with Crippen LogP contribution in [0.1, 0.15) is 48.3 Å². The number of aryl methyl sites for hydroxylation is 2. The van der Waals surface area contributed by atoms with Crippen molar-refractivity contribution in [3.8, 4) is 11.5 Å². The lowest BCUT2D eigenvalue weighted by molar-refractivity contribution is -0.123. The van der Waals surface area contributed by atoms with Crippen LogP contribution in [0.5, 0.6) is 11.5 Å². The van der Waals surface area contributed by atoms with Crippen molar-refractivity contribution >= 4 is 5.91 Å². The highest BCUT2D eigenvalue weighted by molar-refractivity contribution is 5.78. The second-order valence-corrected chi connectivity index (χ2v) is 7.63. The van der Waals surface area contributed by atoms with Crippen LogP contribution in [-0.4, -0.2) is 29.2 Å². The molecule has 0 spiro atoms. The molecular weight excluding hydrogens is 378 g/mol. The number of amides is 1. The number of nitrogens with one attached hydrogen (secondary N) is 1. The minimum Gasteiger partial charge on any atom is -0.497 e. The summed E-state index contributed by atoms with van der Waals surface area (Å²) in [7, 11) is 3.53. The predicted molar refractivity (Wildman–Crippen MR) is 117 cm³/mol. The van der Waals surface area contributed by atoms with Gasteiger partial charge in [0.05, 0.1) is 7.11 Å². The van der Waals surface area contributed by atoms with Crippen LogP contribution in [-0.2, 0) is 11.8 Å². The third-order valence-corrected chi connectivity index (χ3v) is 5.10. The Morgan fingerprint density at radius 3 is 2.40 bits per heavy atom. The van der Waals surface area contributed by atoms with Gasteiger partial charge in [-0.25, -0.2) is 4.98 Å². The van der Waals surface area contributed by atoms with Gasteiger partial charge in [-0.15, -0.1) is 0 Å². The quantitative estimate of drug-likeness (QED) is 0.609. The van der Waals surface area contributed by atoms with Gasteiger partial charge in [0.25, 0.3) is 5.91 Å². The molecule has 1 atom stereocenters. The summed E-state index contributed by atoms with van der Waals surface area (Å²) < 4.78 is 12.9. The highest BCUT2D eigenvalue weighted by Gasteiger charge is 2.21. The van der Waals surface area contributed by atoms with E-state index >= 15 is 0 Å². The molecule has 30 heavy (non-hydrogen) atoms. The summed E-state index contributed by atoms with van der Waals surface area (Å²) in [5, 5.41) is 3.04. The average molecular weight is 408 g/mol. The Balaban J connectivity index is 1.72. The summed E-state index contributed by atoms with van der Waals surface area (Å²) in [6.45, 7) is 6.31. The lowest BCUT2D eigenvalue weighted by Crippen LogP contribution is -2.34. The molecule has 1 aromatic heterocycles. The Kier molecular flexibility index (Phi) is 6.77. The summed E-state index contributed by atoms with van der Waals surface area (Å²) in [5.41, 5.74) is 3.35. The van der Waals surface area contributed by atoms with E-state index in [9.17, 15) is 4.79 Å². The van der Waals surface area contributed by atoms with Gasteiger partial charge in [0.2, 0.25) is 0 Å². The molecule has 3 aromatic rings. The Morgan fingerprint density at radius 2 is 1.83 bits per heavy atom. The summed E-state index contributed by atoms with van der Waals surface area (Å²) in [6, 6.07) is 13.1. The zero-order valence-corrected chi connectivity index (χ0v) is 18.2. The predicted octanol–water partition coefficient (Wildman–Crippen LogP) is 4.15. The van der Waals surface area contributed by atoms with Crippen LogP contribution in [0.2, 0.25) is 0 Å². The SMILES string of the molecule is COc1ccc(C(NC(=O)COc2ccc(C(C)C)c(C)c2)c2nccn2C)cc1. The molecule has 0 saturated heterocycles. The number of rotatable bonds is 8. The minimum atomic E-state index is -0.392. The molecule has 0 fully saturated rings. The lowest BCUT2D eigenvalue weighted by Gasteiger charge is -2.20. The van der Waals surface area contributed by atoms with Crippen LogP contribution in [0.15, 0.2) is 54.9 Å². The molecule has 0 bridgehead atoms. The van der Waals surface area contributed by atoms with Crippen molar-refractivity contribution in [3.63, 3.8) is 0 Å². The highest BCUT2D eigenvalue weighted by atomic mass is 16.5. The van der Waals surface area contributed by atoms with Crippen LogP contribution in [0.4, 0.5) is 0 Å². The summed E-state index contributed by atoms with van der Waals surface area (Å²) in [4.78, 5) is 17.1. The van der Waals surface area contributed by atoms with Gasteiger partial charge >= 0.3 is 0 Å². The molecule has 3 rings (SSSR count). The molecule has 0 aliphatic carbocycles. The van der Waals surface area contributed by atoms with Crippen molar-refractivity contribution in [1.82, 2.24) is 14.9 Å². The lowest BCUT2D eigenvalue weighted by atomic mass is 9.98. The molecule has 158 valence electrons. The number of methoxy groups -OCH3 is 1. The number of carbonyl (C=O) groups excluding carboxylic acids is 1. The number of nitrogens with zero attached hydrogens (tertiary/aromatic N) is 2. The van der Waals surface area contributed by atoms with Gasteiger partial charge in [-0.3, -0.25) is 4.79 Å². The molecule has 0 aliphatic heterocycles. The largest absolute Gasteiger partial charge is 0.497 e. The maximum atomic E-state index is 12.7. The monoisotopic (exact) mass is 407 g/mol. The Morgan fingerprint density at radius 1 is 1.13 bits per heavy atom. The van der Waals surface area contributed by atoms with Crippen LogP contribution >= 0.6 is 0 Å². The van der Waals surface area contributed by atoms with E-state index in [1.54, 1.807) is 13.3 Å². The minimum absolute atomic E-state index is 0.0719. The highest BCUT2D eigenvalue weighted by Crippen LogP contribution is 2.25. The van der Waals surface area contributed by atoms with Crippen LogP contribution in [0, 0.1) is 6.92 Å². The standard InChI is InChI=1S/C24H29N3O3/c1-16(2)21-11-10-20(14-17(21)3)30-15-22(28)26-23(24-25-12-13-27(24)4)18-6-8-19(29-5)9-7-18/h6-14,16,23H,15H2,1-5H3,(H,26,28). The van der Waals surface area contributed by atoms with Gasteiger partial charge in [0.15, 0.2) is 6.61 Å². The first-order chi connectivity index (χ1) is 14.4. The topological polar surface area (TPSA) is 65.4 Å². The van der Waals surface area contributed by atoms with Gasteiger partial charge in [0.1, 0.15) is 23.4 Å². The fraction of sp³-hybridized carbons (Fsp3) is 0.333. The van der Waals surface area contributed by atoms with Gasteiger partial charge < -0.3 is 19.4 Å². The van der Waals surface area contributed by atoms with E-state index in [-0.39, 0.29) is 12.5 Å². The smallest absolute Gasteiger partial charge is 0.258 e. The maximum absolute atomic E-state index is 12.7. The normalized spacial score (nSPS) is 11.9. The van der Waals surface area contributed by atoms with Crippen molar-refractivity contribution in [2.24, 2.45) is 7.05 Å². The van der Waals surface area contributed by atoms with Crippen molar-refractivity contribution in [1.29, 1.82) is 0 Å². The number of hydrogen-bond acceptors (Lipinski definition) is 4. The third kappa shape index (κ3) is 5.00. The zero-order chi connectivity index (χ0) is 21.7. The van der Waals surface area contributed by atoms with E-state index in [2.05, 4.69) is 37.1 Å². The Labute approximate surface area is 177 Å². The van der Waals surface area contributed by atoms with Crippen molar-refractivity contribution < 1.29 is 14.3 Å². The molecule has 1 unspecified atom stereocenters. The first kappa shape index (κ1) is 21.4. The number of benzene rings is 2. The van der Waals surface area contributed by atoms with Crippen molar-refractivity contribution in [3.05, 3.63) is 77.4 Å². The van der Waals surface area contributed by atoms with Gasteiger partial charge in [-0.2, -0.15) is 0 Å². The van der Waals surface area contributed by atoms with E-state index in [4.69, 9.17) is 9.47 Å². The maximum Gasteiger partial charge on any atom is 0.258 e. The molecule has 2 aromatic carbocycles. The van der Waals surface area contributed by atoms with Gasteiger partial charge in [-0.1, -0.05) is 32.0 Å². The fourth-order valence-corrected chi connectivity index (χ4v) is 3.49. The summed E-state index contributed by atoms with van der Waals surface area (Å²) >= 11 is 0. The molecule has 6 heteroatoms. The molecule has 1 amide bonds. The zero-order valence-electron chi connectivity index (χ0n) is 18.2. The third-order valence-electron chi connectivity index (χ3n) is 5.10. The Hall–Kier alpha value is -3.28. The number of imidazole rings is 1. The molecule has 0 aliphatic rings. The second kappa shape index (κ2) is 9.48.